The van der Waals surface area contributed by atoms with Crippen molar-refractivity contribution in [2.75, 3.05) is 0 Å². The van der Waals surface area contributed by atoms with Crippen molar-refractivity contribution < 1.29 is 17.6 Å². The molecule has 1 atom stereocenters. The quantitative estimate of drug-likeness (QED) is 0.397. The molecule has 5 heteroatoms. The van der Waals surface area contributed by atoms with Crippen LogP contribution in [0.5, 0.6) is 0 Å². The second-order valence-corrected chi connectivity index (χ2v) is 6.18. The molecular formula is C15H9F4S+. The number of rotatable bonds is 1. The fourth-order valence-electron chi connectivity index (χ4n) is 2.10. The summed E-state index contributed by atoms with van der Waals surface area (Å²) in [7, 11) is -0.566. The van der Waals surface area contributed by atoms with Gasteiger partial charge in [-0.1, -0.05) is 12.1 Å². The first kappa shape index (κ1) is 13.1. The van der Waals surface area contributed by atoms with Crippen molar-refractivity contribution in [3.05, 3.63) is 65.3 Å². The van der Waals surface area contributed by atoms with Gasteiger partial charge < -0.3 is 0 Å². The third-order valence-electron chi connectivity index (χ3n) is 3.04. The Labute approximate surface area is 115 Å². The monoisotopic (exact) mass is 297 g/mol. The van der Waals surface area contributed by atoms with Crippen LogP contribution in [-0.2, 0) is 6.18 Å². The highest BCUT2D eigenvalue weighted by Crippen LogP contribution is 2.42. The molecule has 0 spiro atoms. The number of fused-ring (bicyclic) bond motifs is 1. The number of hydrogen-bond donors (Lipinski definition) is 0. The highest BCUT2D eigenvalue weighted by molar-refractivity contribution is 7.43. The molecule has 1 unspecified atom stereocenters. The van der Waals surface area contributed by atoms with E-state index >= 15 is 0 Å². The Bertz CT molecular complexity index is 771. The molecule has 0 saturated carbocycles. The summed E-state index contributed by atoms with van der Waals surface area (Å²) in [5.41, 5.74) is -1.21. The lowest BCUT2D eigenvalue weighted by molar-refractivity contribution is -0.139. The molecule has 0 aliphatic rings. The number of halogens is 4. The molecule has 0 fully saturated rings. The summed E-state index contributed by atoms with van der Waals surface area (Å²) in [4.78, 5) is 0.472. The van der Waals surface area contributed by atoms with Gasteiger partial charge in [0.1, 0.15) is 11.2 Å². The van der Waals surface area contributed by atoms with Crippen LogP contribution in [0.25, 0.3) is 15.0 Å². The molecule has 3 aromatic rings. The average Bonchev–Trinajstić information content (AvgIpc) is 2.82. The summed E-state index contributed by atoms with van der Waals surface area (Å²) in [6.45, 7) is 0. The molecule has 2 aromatic carbocycles. The van der Waals surface area contributed by atoms with Crippen LogP contribution < -0.4 is 0 Å². The van der Waals surface area contributed by atoms with Crippen molar-refractivity contribution in [3.63, 3.8) is 0 Å². The Morgan fingerprint density at radius 2 is 1.65 bits per heavy atom. The molecule has 1 heterocycles. The summed E-state index contributed by atoms with van der Waals surface area (Å²) < 4.78 is 52.5. The van der Waals surface area contributed by atoms with E-state index in [1.807, 2.05) is 35.7 Å². The minimum atomic E-state index is -4.67. The Balaban J connectivity index is 2.20. The molecule has 0 N–H and O–H groups in total. The van der Waals surface area contributed by atoms with Gasteiger partial charge in [0.15, 0.2) is 9.60 Å². The summed E-state index contributed by atoms with van der Waals surface area (Å²) in [6, 6.07) is 12.6. The second kappa shape index (κ2) is 4.59. The van der Waals surface area contributed by atoms with Crippen molar-refractivity contribution in [1.82, 2.24) is 0 Å². The summed E-state index contributed by atoms with van der Waals surface area (Å²) in [6.07, 6.45) is -4.67. The van der Waals surface area contributed by atoms with E-state index in [0.717, 1.165) is 22.2 Å². The minimum absolute atomic E-state index is 0.472. The normalized spacial score (nSPS) is 12.9. The van der Waals surface area contributed by atoms with E-state index < -0.39 is 28.0 Å². The zero-order valence-electron chi connectivity index (χ0n) is 10.1. The van der Waals surface area contributed by atoms with Crippen LogP contribution in [0.1, 0.15) is 5.56 Å². The zero-order valence-corrected chi connectivity index (χ0v) is 10.9. The second-order valence-electron chi connectivity index (χ2n) is 4.32. The number of thiophene rings is 1. The van der Waals surface area contributed by atoms with E-state index in [1.165, 1.54) is 6.07 Å². The highest BCUT2D eigenvalue weighted by Gasteiger charge is 2.35. The standard InChI is InChI=1S/C15H9F4S/c16-13-6-5-11(9-12(13)15(17,18)19)20-8-7-10-3-1-2-4-14(10)20/h1-9H/q+1. The molecule has 0 aliphatic carbocycles. The van der Waals surface area contributed by atoms with E-state index in [0.29, 0.717) is 4.90 Å². The zero-order chi connectivity index (χ0) is 14.3. The number of alkyl halides is 3. The van der Waals surface area contributed by atoms with E-state index in [9.17, 15) is 17.6 Å². The van der Waals surface area contributed by atoms with Gasteiger partial charge in [-0.25, -0.2) is 4.39 Å². The van der Waals surface area contributed by atoms with Gasteiger partial charge in [-0.15, -0.1) is 0 Å². The van der Waals surface area contributed by atoms with Gasteiger partial charge in [0.25, 0.3) is 0 Å². The van der Waals surface area contributed by atoms with Gasteiger partial charge in [0.2, 0.25) is 0 Å². The molecule has 0 radical (unpaired) electrons. The van der Waals surface area contributed by atoms with Crippen LogP contribution in [-0.4, -0.2) is 0 Å². The largest absolute Gasteiger partial charge is 0.419 e. The van der Waals surface area contributed by atoms with Gasteiger partial charge >= 0.3 is 6.18 Å². The van der Waals surface area contributed by atoms with Gasteiger partial charge in [0.05, 0.1) is 5.56 Å². The average molecular weight is 297 g/mol. The van der Waals surface area contributed by atoms with E-state index in [1.54, 1.807) is 0 Å². The lowest BCUT2D eigenvalue weighted by atomic mass is 10.2. The van der Waals surface area contributed by atoms with Crippen LogP contribution >= 0.6 is 10.5 Å². The Hall–Kier alpha value is -1.88. The van der Waals surface area contributed by atoms with E-state index in [-0.39, 0.29) is 0 Å². The smallest absolute Gasteiger partial charge is 0.206 e. The van der Waals surface area contributed by atoms with E-state index in [2.05, 4.69) is 0 Å². The maximum Gasteiger partial charge on any atom is 0.419 e. The summed E-state index contributed by atoms with van der Waals surface area (Å²) in [5, 5.41) is 2.85. The molecule has 0 nitrogen and oxygen atoms in total. The van der Waals surface area contributed by atoms with Crippen LogP contribution in [0.15, 0.2) is 53.9 Å². The first-order valence-electron chi connectivity index (χ1n) is 5.84. The fraction of sp³-hybridized carbons (Fsp3) is 0.0667. The molecule has 20 heavy (non-hydrogen) atoms. The van der Waals surface area contributed by atoms with Gasteiger partial charge in [0, 0.05) is 34.1 Å². The fourth-order valence-corrected chi connectivity index (χ4v) is 4.01. The van der Waals surface area contributed by atoms with Crippen molar-refractivity contribution >= 4 is 20.6 Å². The number of benzene rings is 2. The van der Waals surface area contributed by atoms with Crippen LogP contribution in [0.4, 0.5) is 17.6 Å². The molecule has 0 amide bonds. The lowest BCUT2D eigenvalue weighted by Crippen LogP contribution is -2.07. The van der Waals surface area contributed by atoms with Crippen LogP contribution in [0.3, 0.4) is 0 Å². The molecule has 0 aliphatic heterocycles. The molecular weight excluding hydrogens is 288 g/mol. The molecule has 3 rings (SSSR count). The Kier molecular flexibility index (Phi) is 3.01. The lowest BCUT2D eigenvalue weighted by Gasteiger charge is -2.07. The van der Waals surface area contributed by atoms with Crippen molar-refractivity contribution in [3.8, 4) is 4.90 Å². The third-order valence-corrected chi connectivity index (χ3v) is 5.05. The molecule has 1 aromatic heterocycles. The Morgan fingerprint density at radius 3 is 2.40 bits per heavy atom. The van der Waals surface area contributed by atoms with Crippen molar-refractivity contribution in [2.24, 2.45) is 0 Å². The minimum Gasteiger partial charge on any atom is -0.206 e. The first-order chi connectivity index (χ1) is 9.47. The predicted octanol–water partition coefficient (Wildman–Crippen LogP) is 5.74. The number of hydrogen-bond acceptors (Lipinski definition) is 0. The maximum atomic E-state index is 13.3. The highest BCUT2D eigenvalue weighted by atomic mass is 32.2. The van der Waals surface area contributed by atoms with E-state index in [4.69, 9.17) is 0 Å². The van der Waals surface area contributed by atoms with Gasteiger partial charge in [-0.3, -0.25) is 0 Å². The summed E-state index contributed by atoms with van der Waals surface area (Å²) >= 11 is 0. The third kappa shape index (κ3) is 2.18. The van der Waals surface area contributed by atoms with Gasteiger partial charge in [-0.2, -0.15) is 13.2 Å². The van der Waals surface area contributed by atoms with Crippen LogP contribution in [0.2, 0.25) is 0 Å². The van der Waals surface area contributed by atoms with Crippen LogP contribution in [0, 0.1) is 5.82 Å². The van der Waals surface area contributed by atoms with Crippen molar-refractivity contribution in [2.45, 2.75) is 6.18 Å². The predicted molar refractivity (Wildman–Crippen MR) is 72.7 cm³/mol. The Morgan fingerprint density at radius 1 is 0.900 bits per heavy atom. The maximum absolute atomic E-state index is 13.3. The first-order valence-corrected chi connectivity index (χ1v) is 7.13. The van der Waals surface area contributed by atoms with Crippen molar-refractivity contribution in [1.29, 1.82) is 0 Å². The SMILES string of the molecule is Fc1ccc(-[s+]2ccc3ccccc32)cc1C(F)(F)F. The molecule has 0 saturated heterocycles. The topological polar surface area (TPSA) is 0 Å². The molecule has 0 bridgehead atoms. The summed E-state index contributed by atoms with van der Waals surface area (Å²) in [5.74, 6) is -1.23. The molecule has 102 valence electrons. The van der Waals surface area contributed by atoms with Gasteiger partial charge in [-0.05, 0) is 18.2 Å².